The van der Waals surface area contributed by atoms with E-state index < -0.39 is 0 Å². The highest BCUT2D eigenvalue weighted by molar-refractivity contribution is 7.09. The van der Waals surface area contributed by atoms with Crippen LogP contribution in [0.25, 0.3) is 0 Å². The fraction of sp³-hybridized carbons (Fsp3) is 0.500. The summed E-state index contributed by atoms with van der Waals surface area (Å²) in [4.78, 5) is 15.6. The number of amides is 1. The summed E-state index contributed by atoms with van der Waals surface area (Å²) in [6.45, 7) is 7.57. The van der Waals surface area contributed by atoms with Crippen molar-refractivity contribution in [1.82, 2.24) is 14.7 Å². The summed E-state index contributed by atoms with van der Waals surface area (Å²) in [5, 5.41) is 6.46. The number of aromatic nitrogens is 2. The Labute approximate surface area is 130 Å². The van der Waals surface area contributed by atoms with E-state index in [1.807, 2.05) is 36.5 Å². The topological polar surface area (TPSA) is 38.1 Å². The molecule has 114 valence electrons. The van der Waals surface area contributed by atoms with Crippen molar-refractivity contribution in [3.8, 4) is 0 Å². The van der Waals surface area contributed by atoms with Crippen LogP contribution >= 0.6 is 11.3 Å². The highest BCUT2D eigenvalue weighted by atomic mass is 32.1. The van der Waals surface area contributed by atoms with Crippen LogP contribution in [0.5, 0.6) is 0 Å². The molecular weight excluding hydrogens is 282 g/mol. The Kier molecular flexibility index (Phi) is 5.17. The van der Waals surface area contributed by atoms with Gasteiger partial charge in [-0.15, -0.1) is 11.3 Å². The Hall–Kier alpha value is -1.62. The van der Waals surface area contributed by atoms with E-state index >= 15 is 0 Å². The molecule has 5 heteroatoms. The van der Waals surface area contributed by atoms with Gasteiger partial charge in [0.15, 0.2) is 0 Å². The summed E-state index contributed by atoms with van der Waals surface area (Å²) in [7, 11) is 1.95. The largest absolute Gasteiger partial charge is 0.338 e. The van der Waals surface area contributed by atoms with Crippen LogP contribution in [-0.4, -0.2) is 27.1 Å². The van der Waals surface area contributed by atoms with Crippen LogP contribution in [0.3, 0.4) is 0 Å². The molecule has 0 aliphatic heterocycles. The first-order valence-electron chi connectivity index (χ1n) is 7.32. The zero-order valence-electron chi connectivity index (χ0n) is 13.2. The molecule has 0 saturated heterocycles. The van der Waals surface area contributed by atoms with Crippen molar-refractivity contribution in [2.75, 3.05) is 6.54 Å². The summed E-state index contributed by atoms with van der Waals surface area (Å²) in [6.07, 6.45) is 1.32. The number of nitrogens with zero attached hydrogens (tertiary/aromatic N) is 3. The molecule has 1 amide bonds. The highest BCUT2D eigenvalue weighted by Crippen LogP contribution is 2.16. The summed E-state index contributed by atoms with van der Waals surface area (Å²) in [5.74, 6) is 0.216. The molecule has 21 heavy (non-hydrogen) atoms. The second-order valence-corrected chi connectivity index (χ2v) is 6.29. The molecule has 0 unspecified atom stereocenters. The number of thiophene rings is 1. The molecule has 0 radical (unpaired) electrons. The maximum absolute atomic E-state index is 12.4. The van der Waals surface area contributed by atoms with Gasteiger partial charge in [-0.25, -0.2) is 0 Å². The van der Waals surface area contributed by atoms with Gasteiger partial charge in [0, 0.05) is 30.6 Å². The maximum Gasteiger partial charge on any atom is 0.223 e. The fourth-order valence-corrected chi connectivity index (χ4v) is 3.26. The summed E-state index contributed by atoms with van der Waals surface area (Å²) >= 11 is 1.70. The fourth-order valence-electron chi connectivity index (χ4n) is 2.54. The van der Waals surface area contributed by atoms with Gasteiger partial charge in [0.2, 0.25) is 5.91 Å². The second kappa shape index (κ2) is 6.89. The van der Waals surface area contributed by atoms with Gasteiger partial charge in [0.05, 0.1) is 12.2 Å². The van der Waals surface area contributed by atoms with Crippen LogP contribution in [-0.2, 0) is 24.8 Å². The van der Waals surface area contributed by atoms with Crippen molar-refractivity contribution in [3.63, 3.8) is 0 Å². The first-order valence-corrected chi connectivity index (χ1v) is 8.20. The maximum atomic E-state index is 12.4. The Morgan fingerprint density at radius 3 is 2.71 bits per heavy atom. The molecule has 0 spiro atoms. The van der Waals surface area contributed by atoms with E-state index in [1.165, 1.54) is 10.4 Å². The van der Waals surface area contributed by atoms with Gasteiger partial charge < -0.3 is 4.90 Å². The molecule has 0 aliphatic rings. The molecule has 4 nitrogen and oxygen atoms in total. The molecule has 0 aromatic carbocycles. The van der Waals surface area contributed by atoms with Crippen LogP contribution in [0.1, 0.15) is 35.2 Å². The van der Waals surface area contributed by atoms with Crippen molar-refractivity contribution in [1.29, 1.82) is 0 Å². The minimum Gasteiger partial charge on any atom is -0.338 e. The quantitative estimate of drug-likeness (QED) is 0.822. The zero-order chi connectivity index (χ0) is 15.4. The van der Waals surface area contributed by atoms with Crippen molar-refractivity contribution >= 4 is 17.2 Å². The predicted octanol–water partition coefficient (Wildman–Crippen LogP) is 3.08. The third-order valence-electron chi connectivity index (χ3n) is 3.91. The number of carbonyl (C=O) groups excluding carboxylic acids is 1. The molecule has 0 bridgehead atoms. The Morgan fingerprint density at radius 2 is 2.19 bits per heavy atom. The Balaban J connectivity index is 1.96. The summed E-state index contributed by atoms with van der Waals surface area (Å²) in [5.41, 5.74) is 3.39. The summed E-state index contributed by atoms with van der Waals surface area (Å²) < 4.78 is 1.89. The molecule has 0 N–H and O–H groups in total. The van der Waals surface area contributed by atoms with Gasteiger partial charge in [-0.1, -0.05) is 6.07 Å². The van der Waals surface area contributed by atoms with E-state index in [0.717, 1.165) is 30.9 Å². The molecule has 2 aromatic heterocycles. The van der Waals surface area contributed by atoms with E-state index in [-0.39, 0.29) is 5.91 Å². The number of carbonyl (C=O) groups is 1. The van der Waals surface area contributed by atoms with Crippen LogP contribution < -0.4 is 0 Å². The Morgan fingerprint density at radius 1 is 1.43 bits per heavy atom. The minimum absolute atomic E-state index is 0.216. The lowest BCUT2D eigenvalue weighted by Crippen LogP contribution is -2.30. The molecule has 2 rings (SSSR count). The average molecular weight is 305 g/mol. The van der Waals surface area contributed by atoms with Gasteiger partial charge in [-0.05, 0) is 44.2 Å². The molecule has 2 heterocycles. The molecular formula is C16H23N3OS. The van der Waals surface area contributed by atoms with Crippen molar-refractivity contribution < 1.29 is 4.79 Å². The van der Waals surface area contributed by atoms with Crippen LogP contribution in [0, 0.1) is 13.8 Å². The van der Waals surface area contributed by atoms with E-state index in [1.54, 1.807) is 11.3 Å². The third kappa shape index (κ3) is 3.73. The van der Waals surface area contributed by atoms with Crippen LogP contribution in [0.4, 0.5) is 0 Å². The number of aryl methyl sites for hydroxylation is 2. The number of hydrogen-bond donors (Lipinski definition) is 0. The lowest BCUT2D eigenvalue weighted by atomic mass is 10.1. The monoisotopic (exact) mass is 305 g/mol. The van der Waals surface area contributed by atoms with Gasteiger partial charge in [0.25, 0.3) is 0 Å². The van der Waals surface area contributed by atoms with Crippen molar-refractivity contribution in [2.24, 2.45) is 7.05 Å². The highest BCUT2D eigenvalue weighted by Gasteiger charge is 2.15. The molecule has 0 atom stereocenters. The minimum atomic E-state index is 0.216. The van der Waals surface area contributed by atoms with Crippen molar-refractivity contribution in [3.05, 3.63) is 39.3 Å². The third-order valence-corrected chi connectivity index (χ3v) is 4.77. The lowest BCUT2D eigenvalue weighted by molar-refractivity contribution is -0.131. The smallest absolute Gasteiger partial charge is 0.223 e. The summed E-state index contributed by atoms with van der Waals surface area (Å²) in [6, 6.07) is 4.11. The van der Waals surface area contributed by atoms with Gasteiger partial charge in [-0.3, -0.25) is 9.48 Å². The SMILES string of the molecule is CCN(Cc1cccs1)C(=O)CCc1c(C)nn(C)c1C. The standard InChI is InChI=1S/C16H23N3OS/c1-5-19(11-14-7-6-10-21-14)16(20)9-8-15-12(2)17-18(4)13(15)3/h6-7,10H,5,8-9,11H2,1-4H3. The van der Waals surface area contributed by atoms with Crippen LogP contribution in [0.2, 0.25) is 0 Å². The molecule has 0 saturated carbocycles. The lowest BCUT2D eigenvalue weighted by Gasteiger charge is -2.20. The van der Waals surface area contributed by atoms with Gasteiger partial charge in [-0.2, -0.15) is 5.10 Å². The van der Waals surface area contributed by atoms with Crippen LogP contribution in [0.15, 0.2) is 17.5 Å². The Bertz CT molecular complexity index is 601. The molecule has 0 aliphatic carbocycles. The second-order valence-electron chi connectivity index (χ2n) is 5.26. The van der Waals surface area contributed by atoms with Gasteiger partial charge in [0.1, 0.15) is 0 Å². The van der Waals surface area contributed by atoms with E-state index in [9.17, 15) is 4.79 Å². The van der Waals surface area contributed by atoms with Gasteiger partial charge >= 0.3 is 0 Å². The van der Waals surface area contributed by atoms with E-state index in [0.29, 0.717) is 6.42 Å². The van der Waals surface area contributed by atoms with Crippen molar-refractivity contribution in [2.45, 2.75) is 40.2 Å². The zero-order valence-corrected chi connectivity index (χ0v) is 14.0. The first-order chi connectivity index (χ1) is 10.0. The molecule has 0 fully saturated rings. The normalized spacial score (nSPS) is 10.9. The van der Waals surface area contributed by atoms with E-state index in [4.69, 9.17) is 0 Å². The molecule has 2 aromatic rings. The number of rotatable bonds is 6. The average Bonchev–Trinajstić information content (AvgIpc) is 3.04. The first kappa shape index (κ1) is 15.8. The number of hydrogen-bond acceptors (Lipinski definition) is 3. The predicted molar refractivity (Wildman–Crippen MR) is 86.4 cm³/mol. The van der Waals surface area contributed by atoms with E-state index in [2.05, 4.69) is 23.5 Å².